The normalized spacial score (nSPS) is 13.9. The molecule has 0 amide bonds. The molecule has 1 aromatic carbocycles. The molecular formula is C14H13ClN4. The van der Waals surface area contributed by atoms with Gasteiger partial charge in [-0.1, -0.05) is 23.7 Å². The van der Waals surface area contributed by atoms with E-state index < -0.39 is 0 Å². The zero-order chi connectivity index (χ0) is 13.2. The van der Waals surface area contributed by atoms with E-state index in [4.69, 9.17) is 16.9 Å². The molecule has 0 bridgehead atoms. The van der Waals surface area contributed by atoms with Crippen LogP contribution in [0.3, 0.4) is 0 Å². The lowest BCUT2D eigenvalue weighted by Crippen LogP contribution is -2.24. The van der Waals surface area contributed by atoms with Crippen molar-refractivity contribution in [2.45, 2.75) is 19.5 Å². The van der Waals surface area contributed by atoms with E-state index in [9.17, 15) is 0 Å². The molecule has 3 rings (SSSR count). The van der Waals surface area contributed by atoms with Gasteiger partial charge in [0.15, 0.2) is 0 Å². The Hall–Kier alpha value is -1.83. The van der Waals surface area contributed by atoms with E-state index in [1.54, 1.807) is 0 Å². The van der Waals surface area contributed by atoms with E-state index >= 15 is 0 Å². The Balaban J connectivity index is 2.11. The second-order valence-corrected chi connectivity index (χ2v) is 4.96. The lowest BCUT2D eigenvalue weighted by molar-refractivity contribution is 0.590. The van der Waals surface area contributed by atoms with Crippen molar-refractivity contribution in [1.29, 1.82) is 5.26 Å². The molecule has 0 unspecified atom stereocenters. The van der Waals surface area contributed by atoms with Gasteiger partial charge in [-0.2, -0.15) is 10.4 Å². The molecule has 0 fully saturated rings. The largest absolute Gasteiger partial charge is 0.312 e. The SMILES string of the molecule is N#CCn1nc(-c2ccc(Cl)cc2)c2c1CCNC2. The molecule has 1 aliphatic rings. The maximum Gasteiger partial charge on any atom is 0.128 e. The standard InChI is InChI=1S/C14H13ClN4/c15-11-3-1-10(2-4-11)14-12-9-17-7-5-13(12)19(18-14)8-6-16/h1-4,17H,5,7-9H2. The molecule has 19 heavy (non-hydrogen) atoms. The number of aromatic nitrogens is 2. The molecule has 1 aromatic heterocycles. The Morgan fingerprint density at radius 1 is 1.37 bits per heavy atom. The number of nitrogens with one attached hydrogen (secondary N) is 1. The van der Waals surface area contributed by atoms with Crippen LogP contribution in [-0.2, 0) is 19.5 Å². The Morgan fingerprint density at radius 3 is 2.89 bits per heavy atom. The first-order chi connectivity index (χ1) is 9.29. The minimum atomic E-state index is 0.302. The minimum Gasteiger partial charge on any atom is -0.312 e. The van der Waals surface area contributed by atoms with Crippen LogP contribution in [0, 0.1) is 11.3 Å². The van der Waals surface area contributed by atoms with Gasteiger partial charge < -0.3 is 5.32 Å². The first-order valence-electron chi connectivity index (χ1n) is 6.22. The summed E-state index contributed by atoms with van der Waals surface area (Å²) in [6.07, 6.45) is 0.914. The van der Waals surface area contributed by atoms with Gasteiger partial charge in [-0.15, -0.1) is 0 Å². The average molecular weight is 273 g/mol. The second-order valence-electron chi connectivity index (χ2n) is 4.52. The summed E-state index contributed by atoms with van der Waals surface area (Å²) in [6.45, 7) is 2.04. The van der Waals surface area contributed by atoms with Crippen LogP contribution in [0.15, 0.2) is 24.3 Å². The number of hydrogen-bond acceptors (Lipinski definition) is 3. The molecular weight excluding hydrogens is 260 g/mol. The Bertz CT molecular complexity index is 637. The van der Waals surface area contributed by atoms with E-state index in [2.05, 4.69) is 16.5 Å². The molecule has 0 saturated carbocycles. The Labute approximate surface area is 116 Å². The van der Waals surface area contributed by atoms with Crippen LogP contribution >= 0.6 is 11.6 Å². The number of nitriles is 1. The van der Waals surface area contributed by atoms with Crippen molar-refractivity contribution in [2.24, 2.45) is 0 Å². The topological polar surface area (TPSA) is 53.6 Å². The van der Waals surface area contributed by atoms with Crippen LogP contribution in [0.2, 0.25) is 5.02 Å². The van der Waals surface area contributed by atoms with E-state index in [0.717, 1.165) is 30.8 Å². The molecule has 1 aliphatic heterocycles. The molecule has 96 valence electrons. The third-order valence-electron chi connectivity index (χ3n) is 3.34. The zero-order valence-corrected chi connectivity index (χ0v) is 11.1. The fourth-order valence-corrected chi connectivity index (χ4v) is 2.58. The van der Waals surface area contributed by atoms with Gasteiger partial charge in [-0.05, 0) is 12.1 Å². The van der Waals surface area contributed by atoms with Crippen LogP contribution in [0.4, 0.5) is 0 Å². The van der Waals surface area contributed by atoms with Gasteiger partial charge in [0.1, 0.15) is 6.54 Å². The first-order valence-corrected chi connectivity index (χ1v) is 6.59. The third-order valence-corrected chi connectivity index (χ3v) is 3.60. The number of halogens is 1. The monoisotopic (exact) mass is 272 g/mol. The highest BCUT2D eigenvalue weighted by molar-refractivity contribution is 6.30. The predicted octanol–water partition coefficient (Wildman–Crippen LogP) is 2.37. The summed E-state index contributed by atoms with van der Waals surface area (Å²) < 4.78 is 1.82. The quantitative estimate of drug-likeness (QED) is 0.913. The molecule has 4 nitrogen and oxygen atoms in total. The molecule has 1 N–H and O–H groups in total. The Kier molecular flexibility index (Phi) is 3.24. The van der Waals surface area contributed by atoms with Crippen LogP contribution < -0.4 is 5.32 Å². The smallest absolute Gasteiger partial charge is 0.128 e. The van der Waals surface area contributed by atoms with Gasteiger partial charge >= 0.3 is 0 Å². The van der Waals surface area contributed by atoms with Crippen molar-refractivity contribution in [2.75, 3.05) is 6.54 Å². The highest BCUT2D eigenvalue weighted by Gasteiger charge is 2.21. The number of rotatable bonds is 2. The van der Waals surface area contributed by atoms with Crippen molar-refractivity contribution >= 4 is 11.6 Å². The number of benzene rings is 1. The molecule has 0 radical (unpaired) electrons. The van der Waals surface area contributed by atoms with Crippen LogP contribution in [0.1, 0.15) is 11.3 Å². The van der Waals surface area contributed by atoms with Gasteiger partial charge in [0.05, 0.1) is 11.8 Å². The van der Waals surface area contributed by atoms with Gasteiger partial charge in [-0.3, -0.25) is 4.68 Å². The van der Waals surface area contributed by atoms with Crippen molar-refractivity contribution in [3.8, 4) is 17.3 Å². The van der Waals surface area contributed by atoms with Crippen molar-refractivity contribution in [1.82, 2.24) is 15.1 Å². The van der Waals surface area contributed by atoms with Crippen molar-refractivity contribution < 1.29 is 0 Å². The summed E-state index contributed by atoms with van der Waals surface area (Å²) in [5.74, 6) is 0. The third kappa shape index (κ3) is 2.23. The minimum absolute atomic E-state index is 0.302. The van der Waals surface area contributed by atoms with Crippen LogP contribution in [-0.4, -0.2) is 16.3 Å². The highest BCUT2D eigenvalue weighted by atomic mass is 35.5. The van der Waals surface area contributed by atoms with E-state index in [1.807, 2.05) is 28.9 Å². The summed E-state index contributed by atoms with van der Waals surface area (Å²) in [5, 5.41) is 17.6. The summed E-state index contributed by atoms with van der Waals surface area (Å²) in [7, 11) is 0. The summed E-state index contributed by atoms with van der Waals surface area (Å²) in [6, 6.07) is 9.83. The van der Waals surface area contributed by atoms with E-state index in [1.165, 1.54) is 11.3 Å². The summed E-state index contributed by atoms with van der Waals surface area (Å²) in [5.41, 5.74) is 4.37. The fraction of sp³-hybridized carbons (Fsp3) is 0.286. The van der Waals surface area contributed by atoms with Gasteiger partial charge in [-0.25, -0.2) is 0 Å². The highest BCUT2D eigenvalue weighted by Crippen LogP contribution is 2.28. The molecule has 0 spiro atoms. The van der Waals surface area contributed by atoms with Crippen LogP contribution in [0.5, 0.6) is 0 Å². The van der Waals surface area contributed by atoms with Crippen molar-refractivity contribution in [3.05, 3.63) is 40.5 Å². The van der Waals surface area contributed by atoms with Gasteiger partial charge in [0.25, 0.3) is 0 Å². The second kappa shape index (κ2) is 5.04. The van der Waals surface area contributed by atoms with Gasteiger partial charge in [0, 0.05) is 41.4 Å². The average Bonchev–Trinajstić information content (AvgIpc) is 2.80. The van der Waals surface area contributed by atoms with E-state index in [0.29, 0.717) is 11.6 Å². The molecule has 2 aromatic rings. The molecule has 5 heteroatoms. The maximum absolute atomic E-state index is 8.89. The van der Waals surface area contributed by atoms with Gasteiger partial charge in [0.2, 0.25) is 0 Å². The Morgan fingerprint density at radius 2 is 2.16 bits per heavy atom. The number of hydrogen-bond donors (Lipinski definition) is 1. The molecule has 2 heterocycles. The molecule has 0 atom stereocenters. The maximum atomic E-state index is 8.89. The number of nitrogens with zero attached hydrogens (tertiary/aromatic N) is 3. The zero-order valence-electron chi connectivity index (χ0n) is 10.4. The first kappa shape index (κ1) is 12.2. The van der Waals surface area contributed by atoms with Crippen LogP contribution in [0.25, 0.3) is 11.3 Å². The molecule has 0 aliphatic carbocycles. The van der Waals surface area contributed by atoms with Crippen molar-refractivity contribution in [3.63, 3.8) is 0 Å². The lowest BCUT2D eigenvalue weighted by atomic mass is 10.0. The summed E-state index contributed by atoms with van der Waals surface area (Å²) in [4.78, 5) is 0. The lowest BCUT2D eigenvalue weighted by Gasteiger charge is -2.14. The fourth-order valence-electron chi connectivity index (χ4n) is 2.46. The molecule has 0 saturated heterocycles. The predicted molar refractivity (Wildman–Crippen MR) is 73.7 cm³/mol. The number of fused-ring (bicyclic) bond motifs is 1. The summed E-state index contributed by atoms with van der Waals surface area (Å²) >= 11 is 5.92. The van der Waals surface area contributed by atoms with E-state index in [-0.39, 0.29) is 0 Å².